The number of halogens is 3. The lowest BCUT2D eigenvalue weighted by Crippen LogP contribution is -1.89. The predicted octanol–water partition coefficient (Wildman–Crippen LogP) is 4.46. The highest BCUT2D eigenvalue weighted by atomic mass is 35.5. The Bertz CT molecular complexity index is 739. The third-order valence-corrected chi connectivity index (χ3v) is 4.50. The maximum atomic E-state index is 6.14. The van der Waals surface area contributed by atoms with Gasteiger partial charge in [0.2, 0.25) is 5.28 Å². The summed E-state index contributed by atoms with van der Waals surface area (Å²) in [7, 11) is 0. The van der Waals surface area contributed by atoms with Crippen LogP contribution in [0.25, 0.3) is 11.2 Å². The Kier molecular flexibility index (Phi) is 3.54. The van der Waals surface area contributed by atoms with E-state index in [1.54, 1.807) is 18.2 Å². The summed E-state index contributed by atoms with van der Waals surface area (Å²) in [5.74, 6) is 0. The summed E-state index contributed by atoms with van der Waals surface area (Å²) in [6, 6.07) is 5.32. The Balaban J connectivity index is 2.13. The second-order valence-electron chi connectivity index (χ2n) is 3.55. The van der Waals surface area contributed by atoms with Gasteiger partial charge in [0.25, 0.3) is 0 Å². The van der Waals surface area contributed by atoms with Crippen LogP contribution in [-0.2, 0) is 0 Å². The van der Waals surface area contributed by atoms with Gasteiger partial charge in [0.15, 0.2) is 5.65 Å². The summed E-state index contributed by atoms with van der Waals surface area (Å²) in [6.45, 7) is 0. The van der Waals surface area contributed by atoms with Crippen molar-refractivity contribution < 1.29 is 0 Å². The number of aromatic amines is 1. The van der Waals surface area contributed by atoms with Crippen molar-refractivity contribution in [1.82, 2.24) is 19.9 Å². The van der Waals surface area contributed by atoms with E-state index in [4.69, 9.17) is 34.8 Å². The molecule has 0 radical (unpaired) electrons. The van der Waals surface area contributed by atoms with Gasteiger partial charge in [-0.25, -0.2) is 9.97 Å². The molecular weight excluding hydrogens is 327 g/mol. The van der Waals surface area contributed by atoms with E-state index in [1.807, 2.05) is 0 Å². The van der Waals surface area contributed by atoms with Crippen molar-refractivity contribution in [2.75, 3.05) is 0 Å². The van der Waals surface area contributed by atoms with Crippen molar-refractivity contribution in [3.8, 4) is 0 Å². The molecule has 3 aromatic rings. The van der Waals surface area contributed by atoms with Crippen LogP contribution in [0.4, 0.5) is 0 Å². The van der Waals surface area contributed by atoms with Gasteiger partial charge >= 0.3 is 0 Å². The fourth-order valence-corrected chi connectivity index (χ4v) is 3.28. The molecule has 0 amide bonds. The number of benzene rings is 1. The number of hydrogen-bond donors (Lipinski definition) is 1. The van der Waals surface area contributed by atoms with Gasteiger partial charge in [-0.3, -0.25) is 0 Å². The van der Waals surface area contributed by atoms with Crippen LogP contribution in [-0.4, -0.2) is 19.9 Å². The highest BCUT2D eigenvalue weighted by Crippen LogP contribution is 2.39. The van der Waals surface area contributed by atoms with Crippen molar-refractivity contribution >= 4 is 57.7 Å². The van der Waals surface area contributed by atoms with Crippen LogP contribution in [0.3, 0.4) is 0 Å². The molecule has 8 heteroatoms. The van der Waals surface area contributed by atoms with Crippen molar-refractivity contribution in [2.45, 2.75) is 9.92 Å². The Morgan fingerprint density at radius 1 is 1.05 bits per heavy atom. The lowest BCUT2D eigenvalue weighted by Gasteiger charge is -2.06. The first kappa shape index (κ1) is 13.0. The monoisotopic (exact) mass is 330 g/mol. The normalized spacial score (nSPS) is 11.1. The lowest BCUT2D eigenvalue weighted by molar-refractivity contribution is 1.09. The van der Waals surface area contributed by atoms with E-state index in [0.29, 0.717) is 26.2 Å². The van der Waals surface area contributed by atoms with Crippen molar-refractivity contribution in [3.05, 3.63) is 39.9 Å². The van der Waals surface area contributed by atoms with Gasteiger partial charge in [-0.15, -0.1) is 0 Å². The predicted molar refractivity (Wildman–Crippen MR) is 77.3 cm³/mol. The van der Waals surface area contributed by atoms with Gasteiger partial charge in [-0.2, -0.15) is 4.98 Å². The Labute approximate surface area is 127 Å². The summed E-state index contributed by atoms with van der Waals surface area (Å²) in [6.07, 6.45) is 1.54. The number of rotatable bonds is 2. The second-order valence-corrected chi connectivity index (χ2v) is 5.70. The maximum Gasteiger partial charge on any atom is 0.225 e. The molecule has 0 unspecified atom stereocenters. The average molecular weight is 332 g/mol. The van der Waals surface area contributed by atoms with Crippen LogP contribution in [0.2, 0.25) is 15.3 Å². The average Bonchev–Trinajstić information content (AvgIpc) is 2.81. The quantitative estimate of drug-likeness (QED) is 0.556. The van der Waals surface area contributed by atoms with Gasteiger partial charge in [-0.05, 0) is 23.7 Å². The van der Waals surface area contributed by atoms with E-state index in [-0.39, 0.29) is 5.28 Å². The number of hydrogen-bond acceptors (Lipinski definition) is 4. The van der Waals surface area contributed by atoms with Crippen molar-refractivity contribution in [2.24, 2.45) is 0 Å². The fourth-order valence-electron chi connectivity index (χ4n) is 1.53. The molecule has 96 valence electrons. The SMILES string of the molecule is Clc1nc(Sc2c(Cl)cccc2Cl)c2[nH]cnc2n1. The van der Waals surface area contributed by atoms with Crippen LogP contribution in [0.5, 0.6) is 0 Å². The lowest BCUT2D eigenvalue weighted by atomic mass is 10.4. The van der Waals surface area contributed by atoms with Crippen LogP contribution >= 0.6 is 46.6 Å². The third kappa shape index (κ3) is 2.51. The van der Waals surface area contributed by atoms with Crippen molar-refractivity contribution in [1.29, 1.82) is 0 Å². The van der Waals surface area contributed by atoms with E-state index in [1.165, 1.54) is 18.1 Å². The summed E-state index contributed by atoms with van der Waals surface area (Å²) < 4.78 is 0. The van der Waals surface area contributed by atoms with E-state index in [2.05, 4.69) is 19.9 Å². The standard InChI is InChI=1S/C11H5Cl3N4S/c12-5-2-1-3-6(13)8(5)19-10-7-9(16-4-15-7)17-11(14)18-10/h1-4H,(H,15,16,17,18). The highest BCUT2D eigenvalue weighted by molar-refractivity contribution is 7.99. The molecule has 0 aliphatic carbocycles. The van der Waals surface area contributed by atoms with Crippen LogP contribution < -0.4 is 0 Å². The number of H-pyrrole nitrogens is 1. The smallest absolute Gasteiger partial charge is 0.225 e. The molecule has 0 saturated carbocycles. The van der Waals surface area contributed by atoms with Gasteiger partial charge in [0.1, 0.15) is 10.5 Å². The topological polar surface area (TPSA) is 54.5 Å². The maximum absolute atomic E-state index is 6.14. The Morgan fingerprint density at radius 2 is 1.79 bits per heavy atom. The minimum absolute atomic E-state index is 0.130. The van der Waals surface area contributed by atoms with Crippen molar-refractivity contribution in [3.63, 3.8) is 0 Å². The van der Waals surface area contributed by atoms with Gasteiger partial charge in [0, 0.05) is 0 Å². The number of imidazole rings is 1. The third-order valence-electron chi connectivity index (χ3n) is 2.34. The number of fused-ring (bicyclic) bond motifs is 1. The van der Waals surface area contributed by atoms with E-state index < -0.39 is 0 Å². The minimum Gasteiger partial charge on any atom is -0.341 e. The summed E-state index contributed by atoms with van der Waals surface area (Å²) in [5, 5.41) is 1.87. The molecule has 0 saturated heterocycles. The zero-order valence-electron chi connectivity index (χ0n) is 9.19. The fraction of sp³-hybridized carbons (Fsp3) is 0. The first-order valence-electron chi connectivity index (χ1n) is 5.13. The molecule has 0 fully saturated rings. The molecule has 1 N–H and O–H groups in total. The number of aromatic nitrogens is 4. The highest BCUT2D eigenvalue weighted by Gasteiger charge is 2.14. The van der Waals surface area contributed by atoms with Gasteiger partial charge < -0.3 is 4.98 Å². The molecule has 4 nitrogen and oxygen atoms in total. The van der Waals surface area contributed by atoms with E-state index in [0.717, 1.165) is 4.90 Å². The van der Waals surface area contributed by atoms with Gasteiger partial charge in [-0.1, -0.05) is 41.0 Å². The zero-order valence-corrected chi connectivity index (χ0v) is 12.3. The Morgan fingerprint density at radius 3 is 2.53 bits per heavy atom. The molecule has 19 heavy (non-hydrogen) atoms. The summed E-state index contributed by atoms with van der Waals surface area (Å²) in [4.78, 5) is 15.9. The molecule has 0 atom stereocenters. The molecule has 0 aliphatic heterocycles. The summed E-state index contributed by atoms with van der Waals surface area (Å²) >= 11 is 19.5. The molecule has 3 rings (SSSR count). The molecular formula is C11H5Cl3N4S. The van der Waals surface area contributed by atoms with Crippen LogP contribution in [0.15, 0.2) is 34.4 Å². The molecule has 0 spiro atoms. The van der Waals surface area contributed by atoms with E-state index in [9.17, 15) is 0 Å². The number of nitrogens with zero attached hydrogens (tertiary/aromatic N) is 3. The first-order valence-corrected chi connectivity index (χ1v) is 7.08. The zero-order chi connectivity index (χ0) is 13.4. The van der Waals surface area contributed by atoms with E-state index >= 15 is 0 Å². The Hall–Kier alpha value is -1.01. The number of nitrogens with one attached hydrogen (secondary N) is 1. The molecule has 2 aromatic heterocycles. The van der Waals surface area contributed by atoms with Crippen LogP contribution in [0, 0.1) is 0 Å². The summed E-state index contributed by atoms with van der Waals surface area (Å²) in [5.41, 5.74) is 1.20. The molecule has 0 bridgehead atoms. The second kappa shape index (κ2) is 5.17. The first-order chi connectivity index (χ1) is 9.15. The van der Waals surface area contributed by atoms with Crippen LogP contribution in [0.1, 0.15) is 0 Å². The minimum atomic E-state index is 0.130. The molecule has 1 aromatic carbocycles. The molecule has 2 heterocycles. The van der Waals surface area contributed by atoms with Gasteiger partial charge in [0.05, 0.1) is 21.3 Å². The molecule has 0 aliphatic rings. The largest absolute Gasteiger partial charge is 0.341 e.